The average Bonchev–Trinajstić information content (AvgIpc) is 3.01. The Bertz CT molecular complexity index is 1010. The molecule has 0 bridgehead atoms. The molecule has 8 nitrogen and oxygen atoms in total. The highest BCUT2D eigenvalue weighted by Crippen LogP contribution is 2.31. The van der Waals surface area contributed by atoms with Gasteiger partial charge in [0, 0.05) is 44.1 Å². The van der Waals surface area contributed by atoms with Crippen LogP contribution in [0.2, 0.25) is 0 Å². The van der Waals surface area contributed by atoms with Gasteiger partial charge in [-0.3, -0.25) is 9.58 Å². The van der Waals surface area contributed by atoms with Crippen molar-refractivity contribution in [1.82, 2.24) is 24.6 Å². The van der Waals surface area contributed by atoms with Gasteiger partial charge in [-0.15, -0.1) is 0 Å². The number of nitrogens with zero attached hydrogens (tertiary/aromatic N) is 5. The van der Waals surface area contributed by atoms with E-state index in [4.69, 9.17) is 15.5 Å². The zero-order valence-electron chi connectivity index (χ0n) is 16.5. The molecular weight excluding hydrogens is 366 g/mol. The predicted octanol–water partition coefficient (Wildman–Crippen LogP) is 2.22. The lowest BCUT2D eigenvalue weighted by Crippen LogP contribution is -2.48. The molecule has 0 aliphatic carbocycles. The highest BCUT2D eigenvalue weighted by Gasteiger charge is 2.29. The van der Waals surface area contributed by atoms with Crippen LogP contribution in [0.15, 0.2) is 42.9 Å². The van der Waals surface area contributed by atoms with Gasteiger partial charge in [-0.25, -0.2) is 9.97 Å². The summed E-state index contributed by atoms with van der Waals surface area (Å²) >= 11 is 0. The summed E-state index contributed by atoms with van der Waals surface area (Å²) in [5.41, 5.74) is 11.8. The van der Waals surface area contributed by atoms with Crippen LogP contribution in [0.3, 0.4) is 0 Å². The van der Waals surface area contributed by atoms with Crippen LogP contribution in [0.25, 0.3) is 11.3 Å². The van der Waals surface area contributed by atoms with Gasteiger partial charge in [-0.1, -0.05) is 12.1 Å². The van der Waals surface area contributed by atoms with Crippen LogP contribution in [0.4, 0.5) is 11.6 Å². The van der Waals surface area contributed by atoms with E-state index in [1.165, 1.54) is 11.1 Å². The van der Waals surface area contributed by atoms with E-state index in [2.05, 4.69) is 38.5 Å². The molecule has 4 heterocycles. The Morgan fingerprint density at radius 3 is 2.90 bits per heavy atom. The van der Waals surface area contributed by atoms with Crippen molar-refractivity contribution in [2.75, 3.05) is 25.1 Å². The number of hydrogen-bond acceptors (Lipinski definition) is 7. The summed E-state index contributed by atoms with van der Waals surface area (Å²) in [7, 11) is 1.88. The molecule has 8 heteroatoms. The van der Waals surface area contributed by atoms with Crippen molar-refractivity contribution >= 4 is 11.6 Å². The van der Waals surface area contributed by atoms with E-state index < -0.39 is 0 Å². The number of benzene rings is 1. The standard InChI is InChI=1S/C21H25N7O/c1-27-11-16(9-24-27)25-21-23-6-4-20(26-21)14-2-3-18-15(8-14)10-28(7-5-19(18)22)17-12-29-13-17/h2-4,6,8-9,11,17,19H,5,7,10,12-13,22H2,1H3,(H,23,25,26)/t19-/m0/s1. The number of ether oxygens (including phenoxy) is 1. The van der Waals surface area contributed by atoms with E-state index in [1.807, 2.05) is 19.3 Å². The molecule has 1 fully saturated rings. The molecule has 1 atom stereocenters. The molecule has 150 valence electrons. The predicted molar refractivity (Wildman–Crippen MR) is 111 cm³/mol. The van der Waals surface area contributed by atoms with Gasteiger partial charge < -0.3 is 15.8 Å². The molecule has 3 N–H and O–H groups in total. The quantitative estimate of drug-likeness (QED) is 0.704. The largest absolute Gasteiger partial charge is 0.378 e. The Morgan fingerprint density at radius 2 is 2.14 bits per heavy atom. The van der Waals surface area contributed by atoms with Gasteiger partial charge in [0.1, 0.15) is 0 Å². The Hall–Kier alpha value is -2.81. The molecule has 1 aromatic carbocycles. The minimum absolute atomic E-state index is 0.0678. The number of anilines is 2. The van der Waals surface area contributed by atoms with Gasteiger partial charge in [0.25, 0.3) is 0 Å². The summed E-state index contributed by atoms with van der Waals surface area (Å²) in [6, 6.07) is 9.00. The summed E-state index contributed by atoms with van der Waals surface area (Å²) < 4.78 is 7.13. The summed E-state index contributed by atoms with van der Waals surface area (Å²) in [6.07, 6.45) is 6.38. The van der Waals surface area contributed by atoms with E-state index in [-0.39, 0.29) is 6.04 Å². The van der Waals surface area contributed by atoms with E-state index in [0.29, 0.717) is 12.0 Å². The number of fused-ring (bicyclic) bond motifs is 1. The molecule has 2 aliphatic heterocycles. The molecule has 2 aliphatic rings. The van der Waals surface area contributed by atoms with Gasteiger partial charge >= 0.3 is 0 Å². The maximum Gasteiger partial charge on any atom is 0.227 e. The maximum atomic E-state index is 6.47. The second-order valence-corrected chi connectivity index (χ2v) is 7.76. The average molecular weight is 391 g/mol. The smallest absolute Gasteiger partial charge is 0.227 e. The molecule has 0 spiro atoms. The monoisotopic (exact) mass is 391 g/mol. The zero-order chi connectivity index (χ0) is 19.8. The molecule has 1 saturated heterocycles. The number of aromatic nitrogens is 4. The second-order valence-electron chi connectivity index (χ2n) is 7.76. The molecule has 0 radical (unpaired) electrons. The third kappa shape index (κ3) is 3.74. The number of rotatable bonds is 4. The van der Waals surface area contributed by atoms with Crippen LogP contribution in [0.1, 0.15) is 23.6 Å². The SMILES string of the molecule is Cn1cc(Nc2nccc(-c3ccc4c(c3)CN(C3COC3)CC[C@@H]4N)n2)cn1. The van der Waals surface area contributed by atoms with Crippen LogP contribution < -0.4 is 11.1 Å². The highest BCUT2D eigenvalue weighted by atomic mass is 16.5. The molecule has 0 saturated carbocycles. The van der Waals surface area contributed by atoms with Crippen molar-refractivity contribution in [3.8, 4) is 11.3 Å². The molecule has 0 amide bonds. The summed E-state index contributed by atoms with van der Waals surface area (Å²) in [5.74, 6) is 0.551. The van der Waals surface area contributed by atoms with Crippen molar-refractivity contribution < 1.29 is 4.74 Å². The van der Waals surface area contributed by atoms with Crippen molar-refractivity contribution in [1.29, 1.82) is 0 Å². The van der Waals surface area contributed by atoms with Crippen LogP contribution in [-0.4, -0.2) is 50.4 Å². The highest BCUT2D eigenvalue weighted by molar-refractivity contribution is 5.63. The van der Waals surface area contributed by atoms with Crippen molar-refractivity contribution in [3.05, 3.63) is 54.0 Å². The van der Waals surface area contributed by atoms with Gasteiger partial charge in [0.2, 0.25) is 5.95 Å². The maximum absolute atomic E-state index is 6.47. The lowest BCUT2D eigenvalue weighted by atomic mass is 9.97. The van der Waals surface area contributed by atoms with Crippen molar-refractivity contribution in [2.24, 2.45) is 12.8 Å². The van der Waals surface area contributed by atoms with Gasteiger partial charge in [-0.2, -0.15) is 5.10 Å². The Morgan fingerprint density at radius 1 is 1.24 bits per heavy atom. The Kier molecular flexibility index (Phi) is 4.75. The fourth-order valence-corrected chi connectivity index (χ4v) is 3.96. The van der Waals surface area contributed by atoms with Gasteiger partial charge in [0.05, 0.1) is 36.8 Å². The number of aryl methyl sites for hydroxylation is 1. The van der Waals surface area contributed by atoms with Crippen LogP contribution in [0, 0.1) is 0 Å². The van der Waals surface area contributed by atoms with E-state index in [1.54, 1.807) is 17.1 Å². The number of nitrogens with one attached hydrogen (secondary N) is 1. The third-order valence-electron chi connectivity index (χ3n) is 5.69. The van der Waals surface area contributed by atoms with Crippen molar-refractivity contribution in [3.63, 3.8) is 0 Å². The molecule has 5 rings (SSSR count). The second kappa shape index (κ2) is 7.55. The van der Waals surface area contributed by atoms with E-state index in [9.17, 15) is 0 Å². The Labute approximate surface area is 169 Å². The third-order valence-corrected chi connectivity index (χ3v) is 5.69. The lowest BCUT2D eigenvalue weighted by Gasteiger charge is -2.36. The van der Waals surface area contributed by atoms with E-state index >= 15 is 0 Å². The molecule has 29 heavy (non-hydrogen) atoms. The lowest BCUT2D eigenvalue weighted by molar-refractivity contribution is -0.0677. The first-order valence-corrected chi connectivity index (χ1v) is 9.95. The van der Waals surface area contributed by atoms with Crippen LogP contribution >= 0.6 is 0 Å². The minimum Gasteiger partial charge on any atom is -0.378 e. The van der Waals surface area contributed by atoms with Gasteiger partial charge in [-0.05, 0) is 29.7 Å². The molecule has 3 aromatic rings. The summed E-state index contributed by atoms with van der Waals surface area (Å²) in [4.78, 5) is 11.5. The summed E-state index contributed by atoms with van der Waals surface area (Å²) in [6.45, 7) is 3.54. The molecule has 0 unspecified atom stereocenters. The number of hydrogen-bond donors (Lipinski definition) is 2. The first kappa shape index (κ1) is 18.2. The summed E-state index contributed by atoms with van der Waals surface area (Å²) in [5, 5.41) is 7.37. The minimum atomic E-state index is 0.0678. The fourth-order valence-electron chi connectivity index (χ4n) is 3.96. The van der Waals surface area contributed by atoms with Crippen LogP contribution in [0.5, 0.6) is 0 Å². The molecule has 2 aromatic heterocycles. The van der Waals surface area contributed by atoms with Crippen LogP contribution in [-0.2, 0) is 18.3 Å². The number of nitrogens with two attached hydrogens (primary N) is 1. The molecular formula is C21H25N7O. The van der Waals surface area contributed by atoms with E-state index in [0.717, 1.165) is 49.7 Å². The first-order valence-electron chi connectivity index (χ1n) is 9.95. The fraction of sp³-hybridized carbons (Fsp3) is 0.381. The Balaban J connectivity index is 1.43. The van der Waals surface area contributed by atoms with Crippen molar-refractivity contribution in [2.45, 2.75) is 25.0 Å². The topological polar surface area (TPSA) is 94.1 Å². The zero-order valence-corrected chi connectivity index (χ0v) is 16.5. The normalized spacial score (nSPS) is 20.0. The van der Waals surface area contributed by atoms with Gasteiger partial charge in [0.15, 0.2) is 0 Å². The first-order chi connectivity index (χ1) is 14.2.